The summed E-state index contributed by atoms with van der Waals surface area (Å²) in [5.41, 5.74) is 0.0101. The van der Waals surface area contributed by atoms with Crippen molar-refractivity contribution in [2.24, 2.45) is 45.3 Å². The van der Waals surface area contributed by atoms with E-state index in [4.69, 9.17) is 4.74 Å². The van der Waals surface area contributed by atoms with Gasteiger partial charge in [-0.25, -0.2) is 0 Å². The van der Waals surface area contributed by atoms with Crippen LogP contribution in [0.3, 0.4) is 0 Å². The van der Waals surface area contributed by atoms with Gasteiger partial charge in [0.1, 0.15) is 6.10 Å². The molecule has 0 aromatic heterocycles. The molecule has 5 heteroatoms. The highest BCUT2D eigenvalue weighted by molar-refractivity contribution is 5.66. The fraction of sp³-hybridized carbons (Fsp3) is 0.906. The summed E-state index contributed by atoms with van der Waals surface area (Å²) >= 11 is 0. The quantitative estimate of drug-likeness (QED) is 0.282. The first kappa shape index (κ1) is 29.1. The Morgan fingerprint density at radius 1 is 1.14 bits per heavy atom. The van der Waals surface area contributed by atoms with E-state index < -0.39 is 11.0 Å². The first-order valence-corrected chi connectivity index (χ1v) is 14.9. The van der Waals surface area contributed by atoms with Gasteiger partial charge >= 0.3 is 5.97 Å². The Labute approximate surface area is 225 Å². The first-order chi connectivity index (χ1) is 17.0. The highest BCUT2D eigenvalue weighted by atomic mass is 16.5. The third-order valence-corrected chi connectivity index (χ3v) is 12.2. The van der Waals surface area contributed by atoms with Crippen LogP contribution in [0.4, 0.5) is 0 Å². The van der Waals surface area contributed by atoms with Crippen molar-refractivity contribution in [2.75, 3.05) is 6.61 Å². The first-order valence-electron chi connectivity index (χ1n) is 14.9. The van der Waals surface area contributed by atoms with Crippen molar-refractivity contribution < 1.29 is 24.9 Å². The highest BCUT2D eigenvalue weighted by Gasteiger charge is 2.68. The Bertz CT molecular complexity index is 905. The molecule has 0 heterocycles. The Morgan fingerprint density at radius 3 is 2.41 bits per heavy atom. The van der Waals surface area contributed by atoms with Gasteiger partial charge < -0.3 is 20.1 Å². The van der Waals surface area contributed by atoms with Gasteiger partial charge in [0, 0.05) is 25.4 Å². The number of hydrogen-bond acceptors (Lipinski definition) is 5. The molecule has 0 radical (unpaired) electrons. The van der Waals surface area contributed by atoms with Crippen molar-refractivity contribution in [1.29, 1.82) is 0 Å². The van der Waals surface area contributed by atoms with Crippen molar-refractivity contribution in [1.82, 2.24) is 0 Å². The van der Waals surface area contributed by atoms with Crippen LogP contribution in [-0.2, 0) is 9.53 Å². The van der Waals surface area contributed by atoms with Gasteiger partial charge in [0.05, 0.1) is 11.7 Å². The van der Waals surface area contributed by atoms with Gasteiger partial charge in [-0.15, -0.1) is 0 Å². The van der Waals surface area contributed by atoms with E-state index in [1.807, 2.05) is 6.92 Å². The second kappa shape index (κ2) is 9.63. The fourth-order valence-electron chi connectivity index (χ4n) is 10.4. The molecule has 0 saturated heterocycles. The van der Waals surface area contributed by atoms with E-state index in [1.165, 1.54) is 6.92 Å². The molecule has 9 atom stereocenters. The number of fused-ring (bicyclic) bond motifs is 5. The van der Waals surface area contributed by atoms with Gasteiger partial charge in [-0.2, -0.15) is 0 Å². The van der Waals surface area contributed by atoms with Crippen LogP contribution in [0.15, 0.2) is 11.6 Å². The number of allylic oxidation sites excluding steroid dienone is 2. The Balaban J connectivity index is 1.68. The average Bonchev–Trinajstić information content (AvgIpc) is 3.10. The molecule has 212 valence electrons. The molecule has 3 fully saturated rings. The maximum absolute atomic E-state index is 12.0. The van der Waals surface area contributed by atoms with Gasteiger partial charge in [-0.05, 0) is 98.2 Å². The summed E-state index contributed by atoms with van der Waals surface area (Å²) in [6.07, 6.45) is 9.70. The van der Waals surface area contributed by atoms with E-state index in [1.54, 1.807) is 5.57 Å². The smallest absolute Gasteiger partial charge is 0.302 e. The minimum absolute atomic E-state index is 0.0619. The summed E-state index contributed by atoms with van der Waals surface area (Å²) in [6, 6.07) is 0. The molecule has 0 aromatic carbocycles. The number of esters is 1. The molecule has 4 aliphatic rings. The number of rotatable bonds is 7. The molecule has 0 spiro atoms. The van der Waals surface area contributed by atoms with E-state index >= 15 is 0 Å². The maximum atomic E-state index is 12.0. The summed E-state index contributed by atoms with van der Waals surface area (Å²) in [7, 11) is 0. The lowest BCUT2D eigenvalue weighted by Crippen LogP contribution is -2.60. The topological polar surface area (TPSA) is 87.0 Å². The van der Waals surface area contributed by atoms with Crippen LogP contribution in [0, 0.1) is 45.3 Å². The lowest BCUT2D eigenvalue weighted by Gasteiger charge is -2.64. The molecule has 3 N–H and O–H groups in total. The van der Waals surface area contributed by atoms with Crippen LogP contribution in [0.5, 0.6) is 0 Å². The monoisotopic (exact) mass is 518 g/mol. The molecule has 2 unspecified atom stereocenters. The largest absolute Gasteiger partial charge is 0.462 e. The number of aliphatic hydroxyl groups is 3. The molecule has 0 aliphatic heterocycles. The summed E-state index contributed by atoms with van der Waals surface area (Å²) in [6.45, 7) is 17.0. The van der Waals surface area contributed by atoms with Crippen molar-refractivity contribution in [2.45, 2.75) is 131 Å². The summed E-state index contributed by atoms with van der Waals surface area (Å²) < 4.78 is 5.68. The van der Waals surface area contributed by atoms with Crippen molar-refractivity contribution in [3.8, 4) is 0 Å². The number of hydrogen-bond donors (Lipinski definition) is 3. The number of aliphatic hydroxyl groups excluding tert-OH is 2. The molecular weight excluding hydrogens is 464 g/mol. The van der Waals surface area contributed by atoms with E-state index in [9.17, 15) is 20.1 Å². The van der Waals surface area contributed by atoms with Crippen LogP contribution in [0.25, 0.3) is 0 Å². The van der Waals surface area contributed by atoms with Crippen LogP contribution >= 0.6 is 0 Å². The zero-order valence-corrected chi connectivity index (χ0v) is 24.8. The zero-order chi connectivity index (χ0) is 27.6. The van der Waals surface area contributed by atoms with Crippen LogP contribution in [0.2, 0.25) is 0 Å². The van der Waals surface area contributed by atoms with E-state index in [0.717, 1.165) is 51.4 Å². The molecule has 5 nitrogen and oxygen atoms in total. The molecule has 0 amide bonds. The third-order valence-electron chi connectivity index (χ3n) is 12.2. The van der Waals surface area contributed by atoms with E-state index in [-0.39, 0.29) is 46.9 Å². The van der Waals surface area contributed by atoms with E-state index in [0.29, 0.717) is 24.2 Å². The maximum Gasteiger partial charge on any atom is 0.302 e. The predicted octanol–water partition coefficient (Wildman–Crippen LogP) is 6.04. The van der Waals surface area contributed by atoms with Crippen LogP contribution < -0.4 is 0 Å². The summed E-state index contributed by atoms with van der Waals surface area (Å²) in [4.78, 5) is 11.8. The zero-order valence-electron chi connectivity index (χ0n) is 24.8. The fourth-order valence-corrected chi connectivity index (χ4v) is 10.4. The van der Waals surface area contributed by atoms with Crippen molar-refractivity contribution in [3.05, 3.63) is 11.6 Å². The molecule has 4 aliphatic carbocycles. The molecule has 0 bridgehead atoms. The van der Waals surface area contributed by atoms with Gasteiger partial charge in [-0.1, -0.05) is 53.2 Å². The van der Waals surface area contributed by atoms with Gasteiger partial charge in [0.25, 0.3) is 0 Å². The minimum atomic E-state index is -1.04. The summed E-state index contributed by atoms with van der Waals surface area (Å²) in [5.74, 6) is 0.840. The molecule has 3 saturated carbocycles. The minimum Gasteiger partial charge on any atom is -0.462 e. The molecule has 4 rings (SSSR count). The SMILES string of the molecule is CC(=O)OC(CC(C)C)CC(C)(O)[C@H]1CC[C@@]2(C)[C@@H]3CC[C@H]4C(C)(C)[C@@H](O)CC[C@]4(C)C3=CC[C@]12CO. The normalized spacial score (nSPS) is 43.2. The van der Waals surface area contributed by atoms with Crippen molar-refractivity contribution >= 4 is 5.97 Å². The van der Waals surface area contributed by atoms with Crippen LogP contribution in [-0.4, -0.2) is 45.7 Å². The highest BCUT2D eigenvalue weighted by Crippen LogP contribution is 2.73. The van der Waals surface area contributed by atoms with Crippen LogP contribution in [0.1, 0.15) is 113 Å². The second-order valence-electron chi connectivity index (χ2n) is 15.1. The number of carbonyl (C=O) groups excluding carboxylic acids is 1. The Hall–Kier alpha value is -0.910. The molecular formula is C32H54O5. The Morgan fingerprint density at radius 2 is 1.81 bits per heavy atom. The number of carbonyl (C=O) groups is 1. The average molecular weight is 519 g/mol. The third kappa shape index (κ3) is 4.43. The lowest BCUT2D eigenvalue weighted by atomic mass is 9.40. The number of ether oxygens (including phenoxy) is 1. The van der Waals surface area contributed by atoms with Crippen molar-refractivity contribution in [3.63, 3.8) is 0 Å². The Kier molecular flexibility index (Phi) is 7.57. The lowest BCUT2D eigenvalue weighted by molar-refractivity contribution is -0.162. The van der Waals surface area contributed by atoms with Gasteiger partial charge in [-0.3, -0.25) is 4.79 Å². The molecule has 0 aromatic rings. The van der Waals surface area contributed by atoms with E-state index in [2.05, 4.69) is 47.6 Å². The predicted molar refractivity (Wildman–Crippen MR) is 147 cm³/mol. The molecule has 37 heavy (non-hydrogen) atoms. The summed E-state index contributed by atoms with van der Waals surface area (Å²) in [5, 5.41) is 34.0. The second-order valence-corrected chi connectivity index (χ2v) is 15.1. The standard InChI is InChI=1S/C32H54O5/c1-20(2)17-22(37-21(3)34)18-31(8,36)26-12-15-30(7)24-9-10-25-28(4,5)27(35)13-14-29(25,6)23(24)11-16-32(26,30)19-33/h11,20,22,24-27,33,35-36H,9-10,12-19H2,1-8H3/t22?,24-,25+,26-,27+,29-,30+,31?,32+/m1/s1. The van der Waals surface area contributed by atoms with Gasteiger partial charge in [0.15, 0.2) is 0 Å². The van der Waals surface area contributed by atoms with Gasteiger partial charge in [0.2, 0.25) is 0 Å².